The van der Waals surface area contributed by atoms with Crippen LogP contribution >= 0.6 is 0 Å². The minimum atomic E-state index is -0.208. The number of amides is 1. The Balaban J connectivity index is 1.39. The van der Waals surface area contributed by atoms with E-state index in [0.29, 0.717) is 18.1 Å². The average Bonchev–Trinajstić information content (AvgIpc) is 2.75. The summed E-state index contributed by atoms with van der Waals surface area (Å²) in [5, 5.41) is 14.3. The quantitative estimate of drug-likeness (QED) is 0.648. The monoisotopic (exact) mass is 380 g/mol. The van der Waals surface area contributed by atoms with E-state index in [0.717, 1.165) is 30.7 Å². The van der Waals surface area contributed by atoms with Crippen molar-refractivity contribution in [2.45, 2.75) is 38.5 Å². The van der Waals surface area contributed by atoms with E-state index in [2.05, 4.69) is 26.9 Å². The molecule has 1 aromatic heterocycles. The normalized spacial score (nSPS) is 13.5. The van der Waals surface area contributed by atoms with Gasteiger partial charge in [-0.05, 0) is 68.4 Å². The van der Waals surface area contributed by atoms with Crippen LogP contribution in [0.2, 0.25) is 0 Å². The van der Waals surface area contributed by atoms with Gasteiger partial charge in [0.25, 0.3) is 5.91 Å². The Morgan fingerprint density at radius 3 is 2.57 bits per heavy atom. The van der Waals surface area contributed by atoms with Crippen molar-refractivity contribution in [3.05, 3.63) is 59.3 Å². The molecule has 0 atom stereocenters. The Morgan fingerprint density at radius 2 is 1.89 bits per heavy atom. The summed E-state index contributed by atoms with van der Waals surface area (Å²) in [6.45, 7) is 1.38. The summed E-state index contributed by atoms with van der Waals surface area (Å²) in [5.41, 5.74) is 3.00. The van der Waals surface area contributed by atoms with Crippen molar-refractivity contribution in [2.24, 2.45) is 0 Å². The number of carbonyl (C=O) groups is 1. The Morgan fingerprint density at radius 1 is 1.04 bits per heavy atom. The standard InChI is InChI=1S/C22H28N4O2/c1-28-19-9-7-18(8-10-19)14-16-24-22(27)20-11-12-21(26-25-20)23-15-13-17-5-3-2-4-6-17/h5,7-12H,2-4,6,13-16H2,1H3,(H,23,26)(H,24,27). The van der Waals surface area contributed by atoms with Crippen LogP contribution in [-0.2, 0) is 6.42 Å². The number of carbonyl (C=O) groups excluding carboxylic acids is 1. The van der Waals surface area contributed by atoms with E-state index in [1.165, 1.54) is 31.3 Å². The number of allylic oxidation sites excluding steroid dienone is 1. The predicted molar refractivity (Wildman–Crippen MR) is 111 cm³/mol. The molecule has 3 rings (SSSR count). The van der Waals surface area contributed by atoms with Crippen LogP contribution in [0.5, 0.6) is 5.75 Å². The maximum absolute atomic E-state index is 12.2. The minimum Gasteiger partial charge on any atom is -0.497 e. The molecule has 0 aliphatic heterocycles. The lowest BCUT2D eigenvalue weighted by Crippen LogP contribution is -2.26. The molecule has 1 aliphatic carbocycles. The van der Waals surface area contributed by atoms with E-state index >= 15 is 0 Å². The van der Waals surface area contributed by atoms with Gasteiger partial charge in [0.1, 0.15) is 11.6 Å². The SMILES string of the molecule is COc1ccc(CCNC(=O)c2ccc(NCCC3=CCCCC3)nn2)cc1. The second-order valence-corrected chi connectivity index (χ2v) is 6.94. The minimum absolute atomic E-state index is 0.208. The number of methoxy groups -OCH3 is 1. The molecule has 1 aliphatic rings. The number of hydrogen-bond donors (Lipinski definition) is 2. The molecule has 0 radical (unpaired) electrons. The fraction of sp³-hybridized carbons (Fsp3) is 0.409. The maximum atomic E-state index is 12.2. The van der Waals surface area contributed by atoms with Crippen molar-refractivity contribution in [3.8, 4) is 5.75 Å². The highest BCUT2D eigenvalue weighted by Crippen LogP contribution is 2.19. The maximum Gasteiger partial charge on any atom is 0.271 e. The Kier molecular flexibility index (Phi) is 7.41. The first-order valence-corrected chi connectivity index (χ1v) is 9.91. The number of anilines is 1. The van der Waals surface area contributed by atoms with E-state index in [9.17, 15) is 4.79 Å². The summed E-state index contributed by atoms with van der Waals surface area (Å²) in [6, 6.07) is 11.3. The van der Waals surface area contributed by atoms with Crippen LogP contribution in [0, 0.1) is 0 Å². The molecule has 0 saturated carbocycles. The van der Waals surface area contributed by atoms with Gasteiger partial charge >= 0.3 is 0 Å². The van der Waals surface area contributed by atoms with Gasteiger partial charge in [-0.25, -0.2) is 0 Å². The highest BCUT2D eigenvalue weighted by molar-refractivity contribution is 5.92. The summed E-state index contributed by atoms with van der Waals surface area (Å²) >= 11 is 0. The zero-order chi connectivity index (χ0) is 19.6. The zero-order valence-electron chi connectivity index (χ0n) is 16.4. The average molecular weight is 380 g/mol. The van der Waals surface area contributed by atoms with Crippen LogP contribution < -0.4 is 15.4 Å². The molecule has 2 aromatic rings. The molecule has 0 spiro atoms. The van der Waals surface area contributed by atoms with E-state index in [1.807, 2.05) is 24.3 Å². The lowest BCUT2D eigenvalue weighted by Gasteiger charge is -2.13. The molecule has 6 nitrogen and oxygen atoms in total. The lowest BCUT2D eigenvalue weighted by atomic mass is 9.97. The molecule has 0 bridgehead atoms. The first kappa shape index (κ1) is 19.9. The van der Waals surface area contributed by atoms with Gasteiger partial charge in [0.05, 0.1) is 7.11 Å². The van der Waals surface area contributed by atoms with Crippen LogP contribution in [-0.4, -0.2) is 36.3 Å². The summed E-state index contributed by atoms with van der Waals surface area (Å²) in [7, 11) is 1.64. The van der Waals surface area contributed by atoms with E-state index in [4.69, 9.17) is 4.74 Å². The van der Waals surface area contributed by atoms with Crippen LogP contribution in [0.3, 0.4) is 0 Å². The number of benzene rings is 1. The fourth-order valence-electron chi connectivity index (χ4n) is 3.23. The smallest absolute Gasteiger partial charge is 0.271 e. The van der Waals surface area contributed by atoms with Gasteiger partial charge in [-0.2, -0.15) is 0 Å². The number of nitrogens with one attached hydrogen (secondary N) is 2. The second-order valence-electron chi connectivity index (χ2n) is 6.94. The van der Waals surface area contributed by atoms with E-state index < -0.39 is 0 Å². The van der Waals surface area contributed by atoms with Gasteiger partial charge in [0.15, 0.2) is 5.69 Å². The summed E-state index contributed by atoms with van der Waals surface area (Å²) in [4.78, 5) is 12.2. The van der Waals surface area contributed by atoms with Gasteiger partial charge in [-0.15, -0.1) is 10.2 Å². The van der Waals surface area contributed by atoms with Crippen molar-refractivity contribution in [1.82, 2.24) is 15.5 Å². The molecule has 0 unspecified atom stereocenters. The molecule has 28 heavy (non-hydrogen) atoms. The van der Waals surface area contributed by atoms with Crippen molar-refractivity contribution in [2.75, 3.05) is 25.5 Å². The van der Waals surface area contributed by atoms with E-state index in [1.54, 1.807) is 19.2 Å². The first-order chi connectivity index (χ1) is 13.7. The van der Waals surface area contributed by atoms with Gasteiger partial charge in [-0.3, -0.25) is 4.79 Å². The summed E-state index contributed by atoms with van der Waals surface area (Å²) in [6.07, 6.45) is 9.17. The third-order valence-corrected chi connectivity index (χ3v) is 4.89. The van der Waals surface area contributed by atoms with Gasteiger partial charge < -0.3 is 15.4 Å². The number of nitrogens with zero attached hydrogens (tertiary/aromatic N) is 2. The van der Waals surface area contributed by atoms with Crippen LogP contribution in [0.25, 0.3) is 0 Å². The van der Waals surface area contributed by atoms with Crippen molar-refractivity contribution < 1.29 is 9.53 Å². The topological polar surface area (TPSA) is 76.1 Å². The molecule has 2 N–H and O–H groups in total. The van der Waals surface area contributed by atoms with Crippen LogP contribution in [0.1, 0.15) is 48.2 Å². The molecule has 0 fully saturated rings. The Labute approximate surface area is 166 Å². The third kappa shape index (κ3) is 6.08. The number of hydrogen-bond acceptors (Lipinski definition) is 5. The molecular weight excluding hydrogens is 352 g/mol. The summed E-state index contributed by atoms with van der Waals surface area (Å²) < 4.78 is 5.14. The highest BCUT2D eigenvalue weighted by atomic mass is 16.5. The number of aromatic nitrogens is 2. The van der Waals surface area contributed by atoms with Gasteiger partial charge in [0, 0.05) is 13.1 Å². The van der Waals surface area contributed by atoms with Gasteiger partial charge in [-0.1, -0.05) is 23.8 Å². The second kappa shape index (κ2) is 10.4. The predicted octanol–water partition coefficient (Wildman–Crippen LogP) is 3.76. The zero-order valence-corrected chi connectivity index (χ0v) is 16.4. The van der Waals surface area contributed by atoms with Crippen molar-refractivity contribution >= 4 is 11.7 Å². The van der Waals surface area contributed by atoms with Gasteiger partial charge in [0.2, 0.25) is 0 Å². The Hall–Kier alpha value is -2.89. The molecule has 1 aromatic carbocycles. The van der Waals surface area contributed by atoms with Crippen LogP contribution in [0.4, 0.5) is 5.82 Å². The first-order valence-electron chi connectivity index (χ1n) is 9.91. The molecule has 6 heteroatoms. The largest absolute Gasteiger partial charge is 0.497 e. The molecule has 148 valence electrons. The molecule has 0 saturated heterocycles. The lowest BCUT2D eigenvalue weighted by molar-refractivity contribution is 0.0948. The molecule has 1 amide bonds. The Bertz CT molecular complexity index is 785. The van der Waals surface area contributed by atoms with E-state index in [-0.39, 0.29) is 5.91 Å². The van der Waals surface area contributed by atoms with Crippen molar-refractivity contribution in [3.63, 3.8) is 0 Å². The number of rotatable bonds is 9. The number of ether oxygens (including phenoxy) is 1. The molecular formula is C22H28N4O2. The summed E-state index contributed by atoms with van der Waals surface area (Å²) in [5.74, 6) is 1.32. The molecule has 1 heterocycles. The highest BCUT2D eigenvalue weighted by Gasteiger charge is 2.08. The third-order valence-electron chi connectivity index (χ3n) is 4.89. The van der Waals surface area contributed by atoms with Crippen LogP contribution in [0.15, 0.2) is 48.0 Å². The fourth-order valence-corrected chi connectivity index (χ4v) is 3.23. The van der Waals surface area contributed by atoms with Crippen molar-refractivity contribution in [1.29, 1.82) is 0 Å².